The number of benzene rings is 2. The molecule has 1 aliphatic carbocycles. The molecule has 2 heterocycles. The summed E-state index contributed by atoms with van der Waals surface area (Å²) in [5.74, 6) is 2.17. The zero-order chi connectivity index (χ0) is 21.2. The fourth-order valence-electron chi connectivity index (χ4n) is 3.73. The summed E-state index contributed by atoms with van der Waals surface area (Å²) < 4.78 is 4.11. The van der Waals surface area contributed by atoms with Gasteiger partial charge in [0.1, 0.15) is 11.9 Å². The van der Waals surface area contributed by atoms with Crippen LogP contribution >= 0.6 is 11.8 Å². The van der Waals surface area contributed by atoms with Gasteiger partial charge in [-0.2, -0.15) is 10.4 Å². The van der Waals surface area contributed by atoms with Crippen LogP contribution in [0.4, 0.5) is 0 Å². The van der Waals surface area contributed by atoms with Crippen LogP contribution in [0.2, 0.25) is 0 Å². The van der Waals surface area contributed by atoms with Crippen molar-refractivity contribution in [3.8, 4) is 11.8 Å². The lowest BCUT2D eigenvalue weighted by molar-refractivity contribution is 0.667. The molecule has 4 aromatic rings. The van der Waals surface area contributed by atoms with Gasteiger partial charge in [-0.15, -0.1) is 10.2 Å². The fraction of sp³-hybridized carbons (Fsp3) is 0.250. The average molecular weight is 427 g/mol. The molecule has 7 heteroatoms. The van der Waals surface area contributed by atoms with E-state index in [4.69, 9.17) is 0 Å². The predicted molar refractivity (Wildman–Crippen MR) is 120 cm³/mol. The van der Waals surface area contributed by atoms with E-state index in [1.807, 2.05) is 48.0 Å². The fourth-order valence-corrected chi connectivity index (χ4v) is 4.68. The molecule has 0 atom stereocenters. The number of nitriles is 1. The molecule has 31 heavy (non-hydrogen) atoms. The summed E-state index contributed by atoms with van der Waals surface area (Å²) in [6.45, 7) is 2.64. The van der Waals surface area contributed by atoms with Crippen LogP contribution in [0, 0.1) is 18.3 Å². The van der Waals surface area contributed by atoms with Crippen LogP contribution in [-0.4, -0.2) is 24.5 Å². The number of thioether (sulfide) groups is 1. The van der Waals surface area contributed by atoms with Gasteiger partial charge in [0.15, 0.2) is 5.16 Å². The maximum Gasteiger partial charge on any atom is 0.191 e. The van der Waals surface area contributed by atoms with Crippen molar-refractivity contribution in [2.45, 2.75) is 43.1 Å². The number of aryl methyl sites for hydroxylation is 1. The Morgan fingerprint density at radius 3 is 2.42 bits per heavy atom. The van der Waals surface area contributed by atoms with Gasteiger partial charge in [-0.05, 0) is 37.5 Å². The van der Waals surface area contributed by atoms with Gasteiger partial charge in [0.25, 0.3) is 0 Å². The Kier molecular flexibility index (Phi) is 5.31. The normalized spacial score (nSPS) is 13.3. The number of rotatable bonds is 7. The standard InChI is InChI=1S/C24H22N6S/c1-17-21(14-25)22(30(28-17)20-10-6-3-7-11-20)16-31-24-27-26-23(19-12-13-19)29(24)15-18-8-4-2-5-9-18/h2-11,19H,12-13,15-16H2,1H3. The maximum atomic E-state index is 9.75. The summed E-state index contributed by atoms with van der Waals surface area (Å²) in [5, 5.41) is 24.3. The zero-order valence-electron chi connectivity index (χ0n) is 17.3. The first-order valence-electron chi connectivity index (χ1n) is 10.4. The largest absolute Gasteiger partial charge is 0.301 e. The molecule has 0 amide bonds. The van der Waals surface area contributed by atoms with Crippen molar-refractivity contribution in [1.29, 1.82) is 5.26 Å². The highest BCUT2D eigenvalue weighted by atomic mass is 32.2. The Morgan fingerprint density at radius 2 is 1.74 bits per heavy atom. The molecule has 0 N–H and O–H groups in total. The third-order valence-corrected chi connectivity index (χ3v) is 6.46. The van der Waals surface area contributed by atoms with Crippen molar-refractivity contribution < 1.29 is 0 Å². The molecule has 0 unspecified atom stereocenters. The molecule has 1 fully saturated rings. The second-order valence-corrected chi connectivity index (χ2v) is 8.68. The molecule has 5 rings (SSSR count). The van der Waals surface area contributed by atoms with Crippen molar-refractivity contribution in [2.24, 2.45) is 0 Å². The highest BCUT2D eigenvalue weighted by Gasteiger charge is 2.30. The predicted octanol–water partition coefficient (Wildman–Crippen LogP) is 4.86. The van der Waals surface area contributed by atoms with E-state index in [-0.39, 0.29) is 0 Å². The number of hydrogen-bond acceptors (Lipinski definition) is 5. The Balaban J connectivity index is 1.46. The van der Waals surface area contributed by atoms with E-state index in [0.717, 1.165) is 34.6 Å². The van der Waals surface area contributed by atoms with Gasteiger partial charge in [0, 0.05) is 11.7 Å². The van der Waals surface area contributed by atoms with Crippen molar-refractivity contribution in [3.63, 3.8) is 0 Å². The van der Waals surface area contributed by atoms with E-state index in [1.54, 1.807) is 11.8 Å². The minimum Gasteiger partial charge on any atom is -0.301 e. The van der Waals surface area contributed by atoms with Crippen LogP contribution in [0.1, 0.15) is 47.1 Å². The summed E-state index contributed by atoms with van der Waals surface area (Å²) in [6.07, 6.45) is 2.35. The average Bonchev–Trinajstić information content (AvgIpc) is 3.50. The summed E-state index contributed by atoms with van der Waals surface area (Å²) in [4.78, 5) is 0. The van der Waals surface area contributed by atoms with E-state index >= 15 is 0 Å². The molecular weight excluding hydrogens is 404 g/mol. The molecule has 0 saturated heterocycles. The minimum atomic E-state index is 0.511. The lowest BCUT2D eigenvalue weighted by Gasteiger charge is -2.11. The lowest BCUT2D eigenvalue weighted by atomic mass is 10.2. The van der Waals surface area contributed by atoms with Gasteiger partial charge in [-0.3, -0.25) is 0 Å². The molecule has 2 aromatic carbocycles. The first-order chi connectivity index (χ1) is 15.2. The first-order valence-corrected chi connectivity index (χ1v) is 11.4. The number of nitrogens with zero attached hydrogens (tertiary/aromatic N) is 6. The van der Waals surface area contributed by atoms with Crippen LogP contribution in [0.25, 0.3) is 5.69 Å². The van der Waals surface area contributed by atoms with Crippen LogP contribution in [0.15, 0.2) is 65.8 Å². The topological polar surface area (TPSA) is 72.3 Å². The first kappa shape index (κ1) is 19.6. The summed E-state index contributed by atoms with van der Waals surface area (Å²) in [7, 11) is 0. The lowest BCUT2D eigenvalue weighted by Crippen LogP contribution is -2.07. The maximum absolute atomic E-state index is 9.75. The van der Waals surface area contributed by atoms with Crippen molar-refractivity contribution in [2.75, 3.05) is 0 Å². The van der Waals surface area contributed by atoms with Gasteiger partial charge in [0.2, 0.25) is 0 Å². The highest BCUT2D eigenvalue weighted by Crippen LogP contribution is 2.40. The Hall–Kier alpha value is -3.37. The van der Waals surface area contributed by atoms with E-state index in [0.29, 0.717) is 17.2 Å². The third kappa shape index (κ3) is 3.99. The molecule has 0 radical (unpaired) electrons. The molecule has 6 nitrogen and oxygen atoms in total. The van der Waals surface area contributed by atoms with Crippen LogP contribution in [-0.2, 0) is 12.3 Å². The van der Waals surface area contributed by atoms with Crippen LogP contribution in [0.5, 0.6) is 0 Å². The van der Waals surface area contributed by atoms with Crippen molar-refractivity contribution >= 4 is 11.8 Å². The van der Waals surface area contributed by atoms with E-state index in [1.165, 1.54) is 18.4 Å². The molecule has 2 aromatic heterocycles. The van der Waals surface area contributed by atoms with Gasteiger partial charge in [0.05, 0.1) is 29.2 Å². The molecule has 0 spiro atoms. The van der Waals surface area contributed by atoms with Crippen LogP contribution < -0.4 is 0 Å². The van der Waals surface area contributed by atoms with Gasteiger partial charge < -0.3 is 4.57 Å². The van der Waals surface area contributed by atoms with Crippen molar-refractivity contribution in [3.05, 3.63) is 89.0 Å². The van der Waals surface area contributed by atoms with E-state index in [2.05, 4.69) is 50.2 Å². The quantitative estimate of drug-likeness (QED) is 0.395. The van der Waals surface area contributed by atoms with E-state index < -0.39 is 0 Å². The molecule has 0 bridgehead atoms. The summed E-state index contributed by atoms with van der Waals surface area (Å²) >= 11 is 1.61. The minimum absolute atomic E-state index is 0.511. The summed E-state index contributed by atoms with van der Waals surface area (Å²) in [5.41, 5.74) is 4.44. The monoisotopic (exact) mass is 426 g/mol. The number of para-hydroxylation sites is 1. The second-order valence-electron chi connectivity index (χ2n) is 7.74. The molecule has 1 saturated carbocycles. The Morgan fingerprint density at radius 1 is 1.03 bits per heavy atom. The van der Waals surface area contributed by atoms with Gasteiger partial charge in [-0.1, -0.05) is 60.3 Å². The Labute approximate surface area is 185 Å². The molecule has 0 aliphatic heterocycles. The zero-order valence-corrected chi connectivity index (χ0v) is 18.1. The molecule has 1 aliphatic rings. The third-order valence-electron chi connectivity index (χ3n) is 5.48. The second kappa shape index (κ2) is 8.40. The smallest absolute Gasteiger partial charge is 0.191 e. The molecule has 154 valence electrons. The van der Waals surface area contributed by atoms with E-state index in [9.17, 15) is 5.26 Å². The number of hydrogen-bond donors (Lipinski definition) is 0. The van der Waals surface area contributed by atoms with Crippen molar-refractivity contribution in [1.82, 2.24) is 24.5 Å². The van der Waals surface area contributed by atoms with Gasteiger partial charge >= 0.3 is 0 Å². The van der Waals surface area contributed by atoms with Crippen LogP contribution in [0.3, 0.4) is 0 Å². The molecular formula is C24H22N6S. The highest BCUT2D eigenvalue weighted by molar-refractivity contribution is 7.98. The number of aromatic nitrogens is 5. The SMILES string of the molecule is Cc1nn(-c2ccccc2)c(CSc2nnc(C3CC3)n2Cc2ccccc2)c1C#N. The Bertz CT molecular complexity index is 1230. The van der Waals surface area contributed by atoms with Gasteiger partial charge in [-0.25, -0.2) is 4.68 Å². The summed E-state index contributed by atoms with van der Waals surface area (Å²) in [6, 6.07) is 22.7.